The molecule has 1 aromatic rings. The van der Waals surface area contributed by atoms with Gasteiger partial charge in [-0.2, -0.15) is 0 Å². The van der Waals surface area contributed by atoms with Crippen molar-refractivity contribution in [2.24, 2.45) is 0 Å². The first-order valence-corrected chi connectivity index (χ1v) is 5.60. The number of aromatic nitrogens is 1. The number of hydrogen-bond acceptors (Lipinski definition) is 0. The lowest BCUT2D eigenvalue weighted by Crippen LogP contribution is -1.97. The van der Waals surface area contributed by atoms with E-state index in [1.165, 1.54) is 0 Å². The van der Waals surface area contributed by atoms with Crippen LogP contribution in [0.4, 0.5) is 0 Å². The Bertz CT molecular complexity index is 501. The van der Waals surface area contributed by atoms with Crippen LogP contribution in [0.3, 0.4) is 0 Å². The zero-order valence-corrected chi connectivity index (χ0v) is 10.6. The van der Waals surface area contributed by atoms with Gasteiger partial charge in [0.25, 0.3) is 0 Å². The maximum Gasteiger partial charge on any atom is 0.223 e. The SMILES string of the molecule is Bn1c(/C=C\C)c(C=C)c(C=C)c1/C=C\C=C. The summed E-state index contributed by atoms with van der Waals surface area (Å²) in [5.41, 5.74) is 4.47. The molecule has 0 bridgehead atoms. The van der Waals surface area contributed by atoms with Crippen molar-refractivity contribution in [2.75, 3.05) is 0 Å². The Morgan fingerprint density at radius 2 is 1.53 bits per heavy atom. The van der Waals surface area contributed by atoms with Crippen LogP contribution in [0.15, 0.2) is 38.0 Å². The van der Waals surface area contributed by atoms with Gasteiger partial charge in [0.15, 0.2) is 0 Å². The van der Waals surface area contributed by atoms with Crippen molar-refractivity contribution in [3.05, 3.63) is 60.5 Å². The van der Waals surface area contributed by atoms with Crippen LogP contribution in [-0.4, -0.2) is 12.5 Å². The molecule has 0 aliphatic carbocycles. The number of allylic oxidation sites excluding steroid dienone is 3. The lowest BCUT2D eigenvalue weighted by Gasteiger charge is -2.01. The van der Waals surface area contributed by atoms with Gasteiger partial charge in [-0.25, -0.2) is 0 Å². The number of nitrogens with zero attached hydrogens (tertiary/aromatic N) is 1. The van der Waals surface area contributed by atoms with E-state index in [0.29, 0.717) is 0 Å². The topological polar surface area (TPSA) is 4.93 Å². The monoisotopic (exact) mass is 223 g/mol. The summed E-state index contributed by atoms with van der Waals surface area (Å²) in [5, 5.41) is 0. The Morgan fingerprint density at radius 1 is 1.00 bits per heavy atom. The van der Waals surface area contributed by atoms with Gasteiger partial charge in [-0.3, -0.25) is 0 Å². The molecule has 0 aliphatic heterocycles. The molecule has 86 valence electrons. The van der Waals surface area contributed by atoms with Gasteiger partial charge in [-0.15, -0.1) is 0 Å². The molecule has 1 rings (SSSR count). The van der Waals surface area contributed by atoms with Gasteiger partial charge in [0.2, 0.25) is 7.98 Å². The highest BCUT2D eigenvalue weighted by molar-refractivity contribution is 6.10. The van der Waals surface area contributed by atoms with Crippen molar-refractivity contribution in [2.45, 2.75) is 6.92 Å². The van der Waals surface area contributed by atoms with Crippen molar-refractivity contribution in [1.29, 1.82) is 0 Å². The Kier molecular flexibility index (Phi) is 4.59. The molecule has 0 aliphatic rings. The molecule has 0 radical (unpaired) electrons. The Hall–Kier alpha value is -1.96. The maximum atomic E-state index is 3.88. The lowest BCUT2D eigenvalue weighted by molar-refractivity contribution is 1.20. The maximum absolute atomic E-state index is 3.88. The van der Waals surface area contributed by atoms with E-state index in [1.807, 2.05) is 45.3 Å². The first-order valence-electron chi connectivity index (χ1n) is 5.60. The van der Waals surface area contributed by atoms with Crippen LogP contribution in [0.25, 0.3) is 24.3 Å². The second-order valence-electron chi connectivity index (χ2n) is 3.66. The molecule has 0 aromatic carbocycles. The first-order chi connectivity index (χ1) is 8.21. The fraction of sp³-hybridized carbons (Fsp3) is 0.0667. The Morgan fingerprint density at radius 3 is 1.94 bits per heavy atom. The third-order valence-corrected chi connectivity index (χ3v) is 2.69. The minimum atomic E-state index is 1.11. The molecule has 0 unspecified atom stereocenters. The molecular formula is C15H18BN. The molecule has 0 spiro atoms. The van der Waals surface area contributed by atoms with Crippen LogP contribution in [-0.2, 0) is 0 Å². The van der Waals surface area contributed by atoms with Gasteiger partial charge in [-0.05, 0) is 19.1 Å². The fourth-order valence-corrected chi connectivity index (χ4v) is 1.92. The summed E-state index contributed by atoms with van der Waals surface area (Å²) in [6.45, 7) is 13.5. The summed E-state index contributed by atoms with van der Waals surface area (Å²) in [4.78, 5) is 0. The average molecular weight is 223 g/mol. The standard InChI is InChI=1S/C15H18BN/c1-5-9-11-15-13(8-4)12(7-3)14(10-6-2)17(15)16/h5-11H,1,3-4,16H2,2H3/b10-6-,11-9-. The van der Waals surface area contributed by atoms with E-state index in [4.69, 9.17) is 0 Å². The third-order valence-electron chi connectivity index (χ3n) is 2.69. The van der Waals surface area contributed by atoms with E-state index in [9.17, 15) is 0 Å². The molecule has 1 nitrogen and oxygen atoms in total. The highest BCUT2D eigenvalue weighted by Crippen LogP contribution is 2.26. The first kappa shape index (κ1) is 13.1. The molecular weight excluding hydrogens is 205 g/mol. The van der Waals surface area contributed by atoms with Crippen LogP contribution in [0, 0.1) is 0 Å². The van der Waals surface area contributed by atoms with E-state index in [-0.39, 0.29) is 0 Å². The van der Waals surface area contributed by atoms with Gasteiger partial charge in [0, 0.05) is 22.5 Å². The summed E-state index contributed by atoms with van der Waals surface area (Å²) < 4.78 is 2.13. The predicted molar refractivity (Wildman–Crippen MR) is 82.5 cm³/mol. The van der Waals surface area contributed by atoms with Crippen molar-refractivity contribution in [3.63, 3.8) is 0 Å². The largest absolute Gasteiger partial charge is 0.393 e. The second kappa shape index (κ2) is 5.95. The van der Waals surface area contributed by atoms with E-state index >= 15 is 0 Å². The molecule has 1 heterocycles. The molecule has 2 heteroatoms. The molecule has 0 saturated carbocycles. The number of hydrogen-bond donors (Lipinski definition) is 0. The lowest BCUT2D eigenvalue weighted by atomic mass is 10.1. The van der Waals surface area contributed by atoms with E-state index < -0.39 is 0 Å². The Balaban J connectivity index is 3.58. The quantitative estimate of drug-likeness (QED) is 0.532. The summed E-state index contributed by atoms with van der Waals surface area (Å²) in [5.74, 6) is 0. The second-order valence-corrected chi connectivity index (χ2v) is 3.66. The minimum Gasteiger partial charge on any atom is -0.393 e. The molecule has 1 aromatic heterocycles. The summed E-state index contributed by atoms with van der Waals surface area (Å²) in [7, 11) is 2.04. The zero-order chi connectivity index (χ0) is 12.8. The minimum absolute atomic E-state index is 1.11. The highest BCUT2D eigenvalue weighted by atomic mass is 14.9. The molecule has 0 fully saturated rings. The van der Waals surface area contributed by atoms with Crippen LogP contribution >= 0.6 is 0 Å². The predicted octanol–water partition coefficient (Wildman–Crippen LogP) is 3.40. The van der Waals surface area contributed by atoms with Gasteiger partial charge < -0.3 is 4.48 Å². The van der Waals surface area contributed by atoms with Crippen molar-refractivity contribution in [1.82, 2.24) is 4.48 Å². The van der Waals surface area contributed by atoms with Gasteiger partial charge in [0.05, 0.1) is 0 Å². The van der Waals surface area contributed by atoms with E-state index in [1.54, 1.807) is 6.08 Å². The average Bonchev–Trinajstić information content (AvgIpc) is 2.60. The van der Waals surface area contributed by atoms with Gasteiger partial charge >= 0.3 is 0 Å². The van der Waals surface area contributed by atoms with Crippen molar-refractivity contribution in [3.8, 4) is 0 Å². The highest BCUT2D eigenvalue weighted by Gasteiger charge is 2.12. The Labute approximate surface area is 105 Å². The normalized spacial score (nSPS) is 11.1. The smallest absolute Gasteiger partial charge is 0.223 e. The van der Waals surface area contributed by atoms with E-state index in [2.05, 4.69) is 30.3 Å². The van der Waals surface area contributed by atoms with Crippen LogP contribution < -0.4 is 0 Å². The van der Waals surface area contributed by atoms with Crippen LogP contribution in [0.5, 0.6) is 0 Å². The zero-order valence-electron chi connectivity index (χ0n) is 10.6. The molecule has 0 saturated heterocycles. The molecule has 0 amide bonds. The number of rotatable bonds is 5. The van der Waals surface area contributed by atoms with E-state index in [0.717, 1.165) is 22.5 Å². The van der Waals surface area contributed by atoms with Gasteiger partial charge in [-0.1, -0.05) is 50.1 Å². The van der Waals surface area contributed by atoms with Crippen LogP contribution in [0.1, 0.15) is 29.4 Å². The third kappa shape index (κ3) is 2.42. The molecule has 17 heavy (non-hydrogen) atoms. The summed E-state index contributed by atoms with van der Waals surface area (Å²) in [6, 6.07) is 0. The fourth-order valence-electron chi connectivity index (χ4n) is 1.92. The van der Waals surface area contributed by atoms with Gasteiger partial charge in [0.1, 0.15) is 0 Å². The summed E-state index contributed by atoms with van der Waals surface area (Å²) >= 11 is 0. The van der Waals surface area contributed by atoms with Crippen LogP contribution in [0.2, 0.25) is 0 Å². The molecule has 0 N–H and O–H groups in total. The summed E-state index contributed by atoms with van der Waals surface area (Å²) in [6.07, 6.45) is 13.6. The van der Waals surface area contributed by atoms with Crippen molar-refractivity contribution < 1.29 is 0 Å². The van der Waals surface area contributed by atoms with Crippen molar-refractivity contribution >= 4 is 32.3 Å². The molecule has 0 atom stereocenters.